The maximum atomic E-state index is 11.9. The molecule has 1 aromatic rings. The van der Waals surface area contributed by atoms with Crippen LogP contribution in [0.15, 0.2) is 29.3 Å². The van der Waals surface area contributed by atoms with E-state index in [1.807, 2.05) is 24.3 Å². The van der Waals surface area contributed by atoms with E-state index in [9.17, 15) is 4.79 Å². The van der Waals surface area contributed by atoms with E-state index < -0.39 is 0 Å². The summed E-state index contributed by atoms with van der Waals surface area (Å²) in [6, 6.07) is 7.92. The van der Waals surface area contributed by atoms with Gasteiger partial charge in [0.2, 0.25) is 5.91 Å². The minimum atomic E-state index is 0. The Morgan fingerprint density at radius 2 is 2.04 bits per heavy atom. The molecule has 1 N–H and O–H groups in total. The number of benzene rings is 1. The molecule has 26 heavy (non-hydrogen) atoms. The number of carbonyl (C=O) groups is 1. The lowest BCUT2D eigenvalue weighted by molar-refractivity contribution is -0.127. The highest BCUT2D eigenvalue weighted by atomic mass is 127. The molecule has 146 valence electrons. The van der Waals surface area contributed by atoms with Crippen LogP contribution in [-0.2, 0) is 11.3 Å². The fourth-order valence-electron chi connectivity index (χ4n) is 2.86. The molecule has 1 unspecified atom stereocenters. The highest BCUT2D eigenvalue weighted by molar-refractivity contribution is 14.0. The summed E-state index contributed by atoms with van der Waals surface area (Å²) in [6.07, 6.45) is 2.41. The zero-order valence-electron chi connectivity index (χ0n) is 16.2. The summed E-state index contributed by atoms with van der Waals surface area (Å²) in [5.41, 5.74) is 1.11. The van der Waals surface area contributed by atoms with E-state index in [2.05, 4.69) is 17.1 Å². The molecule has 0 saturated carbocycles. The number of hydrogen-bond acceptors (Lipinski definition) is 3. The average Bonchev–Trinajstić information content (AvgIpc) is 2.61. The molecule has 6 nitrogen and oxygen atoms in total. The lowest BCUT2D eigenvalue weighted by Gasteiger charge is -2.33. The van der Waals surface area contributed by atoms with Crippen molar-refractivity contribution < 1.29 is 9.53 Å². The number of piperidine rings is 1. The van der Waals surface area contributed by atoms with Crippen molar-refractivity contribution in [2.75, 3.05) is 40.8 Å². The minimum Gasteiger partial charge on any atom is -0.497 e. The van der Waals surface area contributed by atoms with Gasteiger partial charge in [0.25, 0.3) is 0 Å². The molecule has 2 rings (SSSR count). The van der Waals surface area contributed by atoms with Crippen molar-refractivity contribution in [1.82, 2.24) is 15.1 Å². The molecule has 0 bridgehead atoms. The van der Waals surface area contributed by atoms with Crippen LogP contribution in [0.3, 0.4) is 0 Å². The third kappa shape index (κ3) is 7.01. The summed E-state index contributed by atoms with van der Waals surface area (Å²) in [5.74, 6) is 2.35. The molecule has 1 aliphatic heterocycles. The third-order valence-corrected chi connectivity index (χ3v) is 4.42. The van der Waals surface area contributed by atoms with Crippen LogP contribution < -0.4 is 10.1 Å². The van der Waals surface area contributed by atoms with Crippen LogP contribution in [0.2, 0.25) is 0 Å². The van der Waals surface area contributed by atoms with Gasteiger partial charge < -0.3 is 19.9 Å². The number of rotatable bonds is 5. The molecule has 1 saturated heterocycles. The number of nitrogens with zero attached hydrogens (tertiary/aromatic N) is 3. The van der Waals surface area contributed by atoms with Gasteiger partial charge in [0.05, 0.1) is 20.2 Å². The van der Waals surface area contributed by atoms with E-state index in [0.717, 1.165) is 36.8 Å². The molecular weight excluding hydrogens is 443 g/mol. The fraction of sp³-hybridized carbons (Fsp3) is 0.579. The van der Waals surface area contributed by atoms with E-state index >= 15 is 0 Å². The second-order valence-corrected chi connectivity index (χ2v) is 6.82. The van der Waals surface area contributed by atoms with Gasteiger partial charge >= 0.3 is 0 Å². The van der Waals surface area contributed by atoms with Gasteiger partial charge in [0, 0.05) is 27.2 Å². The molecule has 0 spiro atoms. The van der Waals surface area contributed by atoms with Gasteiger partial charge in [-0.2, -0.15) is 0 Å². The summed E-state index contributed by atoms with van der Waals surface area (Å²) in [6.45, 7) is 5.06. The number of carbonyl (C=O) groups excluding carboxylic acids is 1. The Hall–Kier alpha value is -1.51. The Bertz CT molecular complexity index is 590. The number of amides is 1. The predicted octanol–water partition coefficient (Wildman–Crippen LogP) is 2.58. The number of halogens is 1. The Balaban J connectivity index is 0.00000338. The van der Waals surface area contributed by atoms with E-state index in [1.54, 1.807) is 26.1 Å². The van der Waals surface area contributed by atoms with Crippen molar-refractivity contribution >= 4 is 35.8 Å². The summed E-state index contributed by atoms with van der Waals surface area (Å²) in [5, 5.41) is 3.24. The maximum absolute atomic E-state index is 11.9. The molecule has 1 aromatic carbocycles. The van der Waals surface area contributed by atoms with E-state index in [-0.39, 0.29) is 36.4 Å². The first-order valence-corrected chi connectivity index (χ1v) is 8.86. The van der Waals surface area contributed by atoms with Crippen LogP contribution in [0, 0.1) is 5.92 Å². The van der Waals surface area contributed by atoms with Crippen molar-refractivity contribution in [3.63, 3.8) is 0 Å². The molecule has 0 aliphatic carbocycles. The molecule has 7 heteroatoms. The van der Waals surface area contributed by atoms with Crippen LogP contribution >= 0.6 is 24.0 Å². The number of nitrogens with one attached hydrogen (secondary N) is 1. The van der Waals surface area contributed by atoms with Gasteiger partial charge in [0.15, 0.2) is 5.96 Å². The summed E-state index contributed by atoms with van der Waals surface area (Å²) in [4.78, 5) is 20.5. The monoisotopic (exact) mass is 474 g/mol. The number of aliphatic imine (C=N–C) groups is 1. The normalized spacial score (nSPS) is 17.3. The number of guanidine groups is 1. The van der Waals surface area contributed by atoms with Crippen molar-refractivity contribution in [3.8, 4) is 5.75 Å². The van der Waals surface area contributed by atoms with Gasteiger partial charge in [-0.15, -0.1) is 24.0 Å². The van der Waals surface area contributed by atoms with Crippen LogP contribution in [0.1, 0.15) is 25.3 Å². The van der Waals surface area contributed by atoms with Gasteiger partial charge in [-0.05, 0) is 36.5 Å². The number of likely N-dealkylation sites (N-methyl/N-ethyl adjacent to an activating group) is 1. The van der Waals surface area contributed by atoms with Crippen molar-refractivity contribution in [2.24, 2.45) is 10.9 Å². The first-order chi connectivity index (χ1) is 12.0. The number of ether oxygens (including phenoxy) is 1. The van der Waals surface area contributed by atoms with Gasteiger partial charge in [-0.1, -0.05) is 19.1 Å². The van der Waals surface area contributed by atoms with Gasteiger partial charge in [0.1, 0.15) is 5.75 Å². The lowest BCUT2D eigenvalue weighted by atomic mass is 10.0. The van der Waals surface area contributed by atoms with Crippen LogP contribution in [0.4, 0.5) is 0 Å². The average molecular weight is 474 g/mol. The highest BCUT2D eigenvalue weighted by Gasteiger charge is 2.20. The fourth-order valence-corrected chi connectivity index (χ4v) is 2.86. The lowest BCUT2D eigenvalue weighted by Crippen LogP contribution is -2.48. The first kappa shape index (κ1) is 22.5. The Kier molecular flexibility index (Phi) is 9.75. The molecule has 1 amide bonds. The molecule has 1 fully saturated rings. The zero-order chi connectivity index (χ0) is 18.2. The second-order valence-electron chi connectivity index (χ2n) is 6.82. The van der Waals surface area contributed by atoms with E-state index in [0.29, 0.717) is 12.5 Å². The van der Waals surface area contributed by atoms with Crippen molar-refractivity contribution in [1.29, 1.82) is 0 Å². The highest BCUT2D eigenvalue weighted by Crippen LogP contribution is 2.16. The van der Waals surface area contributed by atoms with Crippen molar-refractivity contribution in [3.05, 3.63) is 29.8 Å². The quantitative estimate of drug-likeness (QED) is 0.405. The van der Waals surface area contributed by atoms with Crippen LogP contribution in [-0.4, -0.2) is 62.5 Å². The predicted molar refractivity (Wildman–Crippen MR) is 116 cm³/mol. The van der Waals surface area contributed by atoms with Crippen molar-refractivity contribution in [2.45, 2.75) is 26.3 Å². The Morgan fingerprint density at radius 1 is 1.35 bits per heavy atom. The van der Waals surface area contributed by atoms with Gasteiger partial charge in [-0.3, -0.25) is 4.79 Å². The summed E-state index contributed by atoms with van der Waals surface area (Å²) >= 11 is 0. The number of hydrogen-bond donors (Lipinski definition) is 1. The third-order valence-electron chi connectivity index (χ3n) is 4.42. The molecule has 1 aliphatic rings. The molecule has 0 aromatic heterocycles. The molecule has 1 heterocycles. The molecule has 1 atom stereocenters. The zero-order valence-corrected chi connectivity index (χ0v) is 18.5. The standard InChI is InChI=1S/C19H30N4O2.HI/c1-15-6-5-11-23(14-15)19(21-13-18(24)22(2)3)20-12-16-7-9-17(25-4)10-8-16;/h7-10,15H,5-6,11-14H2,1-4H3,(H,20,21);1H. The maximum Gasteiger partial charge on any atom is 0.241 e. The first-order valence-electron chi connectivity index (χ1n) is 8.86. The smallest absolute Gasteiger partial charge is 0.241 e. The Labute approximate surface area is 174 Å². The topological polar surface area (TPSA) is 57.2 Å². The molecular formula is C19H31IN4O2. The minimum absolute atomic E-state index is 0. The van der Waals surface area contributed by atoms with Crippen LogP contribution in [0.5, 0.6) is 5.75 Å². The Morgan fingerprint density at radius 3 is 2.62 bits per heavy atom. The number of methoxy groups -OCH3 is 1. The summed E-state index contributed by atoms with van der Waals surface area (Å²) < 4.78 is 5.19. The summed E-state index contributed by atoms with van der Waals surface area (Å²) in [7, 11) is 5.19. The van der Waals surface area contributed by atoms with E-state index in [4.69, 9.17) is 9.73 Å². The second kappa shape index (κ2) is 11.3. The number of likely N-dealkylation sites (tertiary alicyclic amines) is 1. The molecule has 0 radical (unpaired) electrons. The van der Waals surface area contributed by atoms with Gasteiger partial charge in [-0.25, -0.2) is 4.99 Å². The SMILES string of the molecule is COc1ccc(CN=C(NCC(=O)N(C)C)N2CCCC(C)C2)cc1.I. The van der Waals surface area contributed by atoms with E-state index in [1.165, 1.54) is 6.42 Å². The van der Waals surface area contributed by atoms with Crippen LogP contribution in [0.25, 0.3) is 0 Å². The largest absolute Gasteiger partial charge is 0.497 e.